The molecule has 0 aliphatic carbocycles. The van der Waals surface area contributed by atoms with E-state index in [-0.39, 0.29) is 24.8 Å². The minimum atomic E-state index is -0.161. The number of amides is 2. The van der Waals surface area contributed by atoms with Crippen LogP contribution in [-0.4, -0.2) is 27.6 Å². The van der Waals surface area contributed by atoms with Gasteiger partial charge in [0.1, 0.15) is 4.32 Å². The van der Waals surface area contributed by atoms with Crippen molar-refractivity contribution in [3.63, 3.8) is 0 Å². The van der Waals surface area contributed by atoms with E-state index in [0.29, 0.717) is 9.23 Å². The Morgan fingerprint density at radius 2 is 1.74 bits per heavy atom. The Morgan fingerprint density at radius 1 is 1.00 bits per heavy atom. The predicted octanol–water partition coefficient (Wildman–Crippen LogP) is 5.63. The van der Waals surface area contributed by atoms with Gasteiger partial charge in [0.15, 0.2) is 0 Å². The van der Waals surface area contributed by atoms with Crippen molar-refractivity contribution in [1.29, 1.82) is 0 Å². The number of hydrogen-bond acceptors (Lipinski definition) is 4. The molecule has 0 spiro atoms. The van der Waals surface area contributed by atoms with Crippen LogP contribution in [0.2, 0.25) is 0 Å². The highest BCUT2D eigenvalue weighted by Gasteiger charge is 2.31. The van der Waals surface area contributed by atoms with Crippen molar-refractivity contribution in [2.45, 2.75) is 6.42 Å². The molecule has 3 aromatic rings. The Kier molecular flexibility index (Phi) is 6.60. The molecule has 1 saturated heterocycles. The van der Waals surface area contributed by atoms with E-state index in [1.54, 1.807) is 6.08 Å². The van der Waals surface area contributed by atoms with Gasteiger partial charge in [-0.3, -0.25) is 14.5 Å². The molecule has 0 unspecified atom stereocenters. The van der Waals surface area contributed by atoms with Crippen molar-refractivity contribution in [2.24, 2.45) is 0 Å². The van der Waals surface area contributed by atoms with Gasteiger partial charge in [-0.15, -0.1) is 0 Å². The second-order valence-electron chi connectivity index (χ2n) is 6.99. The smallest absolute Gasteiger partial charge is 0.266 e. The van der Waals surface area contributed by atoms with Gasteiger partial charge >= 0.3 is 0 Å². The van der Waals surface area contributed by atoms with E-state index in [1.807, 2.05) is 84.9 Å². The first kappa shape index (κ1) is 21.0. The highest BCUT2D eigenvalue weighted by atomic mass is 32.2. The monoisotopic (exact) mass is 444 g/mol. The zero-order valence-electron chi connectivity index (χ0n) is 16.7. The van der Waals surface area contributed by atoms with E-state index < -0.39 is 0 Å². The van der Waals surface area contributed by atoms with Crippen LogP contribution in [0.15, 0.2) is 89.9 Å². The van der Waals surface area contributed by atoms with Crippen LogP contribution < -0.4 is 5.32 Å². The van der Waals surface area contributed by atoms with E-state index in [4.69, 9.17) is 12.2 Å². The number of nitrogens with one attached hydrogen (secondary N) is 1. The number of anilines is 1. The summed E-state index contributed by atoms with van der Waals surface area (Å²) in [5, 5.41) is 5.08. The quantitative estimate of drug-likeness (QED) is 0.396. The van der Waals surface area contributed by atoms with E-state index in [1.165, 1.54) is 16.7 Å². The fraction of sp³-hybridized carbons (Fsp3) is 0.0800. The second kappa shape index (κ2) is 9.73. The van der Waals surface area contributed by atoms with Crippen molar-refractivity contribution < 1.29 is 9.59 Å². The van der Waals surface area contributed by atoms with Gasteiger partial charge in [-0.1, -0.05) is 96.8 Å². The highest BCUT2D eigenvalue weighted by molar-refractivity contribution is 8.26. The normalized spacial score (nSPS) is 15.4. The third-order valence-corrected chi connectivity index (χ3v) is 6.20. The first-order chi connectivity index (χ1) is 15.1. The number of thiocarbonyl (C=S) groups is 1. The number of benzene rings is 3. The molecule has 0 saturated carbocycles. The topological polar surface area (TPSA) is 49.4 Å². The van der Waals surface area contributed by atoms with Gasteiger partial charge in [0.25, 0.3) is 5.91 Å². The summed E-state index contributed by atoms with van der Waals surface area (Å²) in [4.78, 5) is 27.1. The highest BCUT2D eigenvalue weighted by Crippen LogP contribution is 2.31. The molecule has 4 rings (SSSR count). The number of carbonyl (C=O) groups is 2. The lowest BCUT2D eigenvalue weighted by molar-refractivity contribution is -0.122. The third-order valence-electron chi connectivity index (χ3n) is 4.81. The summed E-state index contributed by atoms with van der Waals surface area (Å²) in [7, 11) is 0. The molecule has 2 amide bonds. The molecule has 4 nitrogen and oxygen atoms in total. The number of carbonyl (C=O) groups excluding carboxylic acids is 2. The van der Waals surface area contributed by atoms with Gasteiger partial charge < -0.3 is 5.32 Å². The Morgan fingerprint density at radius 3 is 2.55 bits per heavy atom. The van der Waals surface area contributed by atoms with Gasteiger partial charge in [0.2, 0.25) is 5.91 Å². The van der Waals surface area contributed by atoms with Crippen molar-refractivity contribution in [2.75, 3.05) is 11.9 Å². The van der Waals surface area contributed by atoms with Crippen LogP contribution in [0.5, 0.6) is 0 Å². The fourth-order valence-electron chi connectivity index (χ4n) is 3.22. The summed E-state index contributed by atoms with van der Waals surface area (Å²) in [6.07, 6.45) is 5.71. The van der Waals surface area contributed by atoms with Crippen molar-refractivity contribution in [1.82, 2.24) is 4.90 Å². The van der Waals surface area contributed by atoms with E-state index >= 15 is 0 Å². The standard InChI is InChI=1S/C25H20N2O2S2/c28-23(26-21-14-13-19-10-4-5-11-20(19)17-21)15-16-27-24(29)22(31-25(27)30)12-6-9-18-7-2-1-3-8-18/h1-14,17H,15-16H2,(H,26,28)/b9-6+,22-12-. The molecule has 0 aromatic heterocycles. The first-order valence-corrected chi connectivity index (χ1v) is 11.1. The maximum absolute atomic E-state index is 12.7. The molecule has 1 heterocycles. The van der Waals surface area contributed by atoms with Crippen LogP contribution >= 0.6 is 24.0 Å². The molecule has 1 aliphatic heterocycles. The molecule has 6 heteroatoms. The number of thioether (sulfide) groups is 1. The predicted molar refractivity (Wildman–Crippen MR) is 133 cm³/mol. The summed E-state index contributed by atoms with van der Waals surface area (Å²) < 4.78 is 0.475. The van der Waals surface area contributed by atoms with E-state index in [0.717, 1.165) is 22.0 Å². The molecule has 1 fully saturated rings. The largest absolute Gasteiger partial charge is 0.326 e. The lowest BCUT2D eigenvalue weighted by Gasteiger charge is -2.14. The average Bonchev–Trinajstić information content (AvgIpc) is 3.05. The first-order valence-electron chi connectivity index (χ1n) is 9.86. The molecule has 0 radical (unpaired) electrons. The van der Waals surface area contributed by atoms with Crippen LogP contribution in [-0.2, 0) is 9.59 Å². The van der Waals surface area contributed by atoms with Crippen LogP contribution in [0.4, 0.5) is 5.69 Å². The number of allylic oxidation sites excluding steroid dienone is 2. The Bertz CT molecular complexity index is 1200. The molecular weight excluding hydrogens is 424 g/mol. The van der Waals surface area contributed by atoms with Gasteiger partial charge in [0.05, 0.1) is 4.91 Å². The molecule has 0 atom stereocenters. The lowest BCUT2D eigenvalue weighted by atomic mass is 10.1. The van der Waals surface area contributed by atoms with Crippen LogP contribution in [0, 0.1) is 0 Å². The van der Waals surface area contributed by atoms with Crippen molar-refractivity contribution in [3.8, 4) is 0 Å². The van der Waals surface area contributed by atoms with E-state index in [9.17, 15) is 9.59 Å². The summed E-state index contributed by atoms with van der Waals surface area (Å²) in [6, 6.07) is 23.6. The molecule has 0 bridgehead atoms. The molecule has 154 valence electrons. The van der Waals surface area contributed by atoms with Gasteiger partial charge in [-0.2, -0.15) is 0 Å². The maximum Gasteiger partial charge on any atom is 0.266 e. The van der Waals surface area contributed by atoms with Gasteiger partial charge in [0, 0.05) is 18.7 Å². The SMILES string of the molecule is O=C(CCN1C(=O)/C(=C/C=C/c2ccccc2)SC1=S)Nc1ccc2ccccc2c1. The van der Waals surface area contributed by atoms with Crippen LogP contribution in [0.3, 0.4) is 0 Å². The molecule has 3 aromatic carbocycles. The molecule has 31 heavy (non-hydrogen) atoms. The summed E-state index contributed by atoms with van der Waals surface area (Å²) in [5.74, 6) is -0.316. The number of hydrogen-bond donors (Lipinski definition) is 1. The van der Waals surface area contributed by atoms with Crippen molar-refractivity contribution in [3.05, 3.63) is 95.4 Å². The second-order valence-corrected chi connectivity index (χ2v) is 8.66. The third kappa shape index (κ3) is 5.29. The minimum Gasteiger partial charge on any atom is -0.326 e. The summed E-state index contributed by atoms with van der Waals surface area (Å²) in [6.45, 7) is 0.254. The van der Waals surface area contributed by atoms with Crippen LogP contribution in [0.1, 0.15) is 12.0 Å². The number of rotatable bonds is 6. The molecular formula is C25H20N2O2S2. The fourth-order valence-corrected chi connectivity index (χ4v) is 4.48. The average molecular weight is 445 g/mol. The maximum atomic E-state index is 12.7. The van der Waals surface area contributed by atoms with Crippen LogP contribution in [0.25, 0.3) is 16.8 Å². The van der Waals surface area contributed by atoms with Crippen molar-refractivity contribution >= 4 is 62.7 Å². The Hall–Kier alpha value is -3.22. The van der Waals surface area contributed by atoms with E-state index in [2.05, 4.69) is 5.32 Å². The number of nitrogens with zero attached hydrogens (tertiary/aromatic N) is 1. The molecule has 1 N–H and O–H groups in total. The van der Waals surface area contributed by atoms with Gasteiger partial charge in [-0.25, -0.2) is 0 Å². The Balaban J connectivity index is 1.33. The summed E-state index contributed by atoms with van der Waals surface area (Å²) in [5.41, 5.74) is 1.79. The van der Waals surface area contributed by atoms with Gasteiger partial charge in [-0.05, 0) is 34.5 Å². The zero-order valence-corrected chi connectivity index (χ0v) is 18.3. The lowest BCUT2D eigenvalue weighted by Crippen LogP contribution is -2.31. The summed E-state index contributed by atoms with van der Waals surface area (Å²) >= 11 is 6.60. The Labute approximate surface area is 190 Å². The number of fused-ring (bicyclic) bond motifs is 1. The molecule has 1 aliphatic rings. The minimum absolute atomic E-state index is 0.155. The zero-order chi connectivity index (χ0) is 21.6.